The van der Waals surface area contributed by atoms with Gasteiger partial charge in [0.1, 0.15) is 5.82 Å². The van der Waals surface area contributed by atoms with Gasteiger partial charge in [-0.25, -0.2) is 4.39 Å². The third-order valence-corrected chi connectivity index (χ3v) is 3.19. The highest BCUT2D eigenvalue weighted by atomic mass is 35.5. The Morgan fingerprint density at radius 3 is 2.89 bits per heavy atom. The van der Waals surface area contributed by atoms with Crippen LogP contribution in [-0.4, -0.2) is 4.98 Å². The molecule has 18 heavy (non-hydrogen) atoms. The van der Waals surface area contributed by atoms with Crippen molar-refractivity contribution in [2.24, 2.45) is 5.73 Å². The Morgan fingerprint density at radius 1 is 1.39 bits per heavy atom. The van der Waals surface area contributed by atoms with Gasteiger partial charge in [0.2, 0.25) is 0 Å². The highest BCUT2D eigenvalue weighted by molar-refractivity contribution is 6.31. The number of rotatable bonds is 3. The van der Waals surface area contributed by atoms with Crippen LogP contribution >= 0.6 is 11.6 Å². The number of nitrogens with two attached hydrogens (primary N) is 1. The van der Waals surface area contributed by atoms with Crippen molar-refractivity contribution in [1.29, 1.82) is 0 Å². The lowest BCUT2D eigenvalue weighted by Gasteiger charge is -2.14. The van der Waals surface area contributed by atoms with Crippen LogP contribution in [0.5, 0.6) is 0 Å². The van der Waals surface area contributed by atoms with Crippen LogP contribution in [-0.2, 0) is 6.42 Å². The molecule has 2 N–H and O–H groups in total. The van der Waals surface area contributed by atoms with E-state index in [2.05, 4.69) is 4.98 Å². The molecule has 2 nitrogen and oxygen atoms in total. The van der Waals surface area contributed by atoms with Crippen LogP contribution in [0.15, 0.2) is 36.7 Å². The van der Waals surface area contributed by atoms with Gasteiger partial charge < -0.3 is 5.73 Å². The van der Waals surface area contributed by atoms with E-state index >= 15 is 0 Å². The second kappa shape index (κ2) is 5.46. The van der Waals surface area contributed by atoms with Crippen molar-refractivity contribution < 1.29 is 4.39 Å². The summed E-state index contributed by atoms with van der Waals surface area (Å²) in [5, 5.41) is 0.556. The molecular weight excluding hydrogens is 251 g/mol. The Labute approximate surface area is 111 Å². The monoisotopic (exact) mass is 264 g/mol. The summed E-state index contributed by atoms with van der Waals surface area (Å²) >= 11 is 6.02. The quantitative estimate of drug-likeness (QED) is 0.923. The lowest BCUT2D eigenvalue weighted by atomic mass is 9.98. The Balaban J connectivity index is 2.25. The molecule has 0 fully saturated rings. The zero-order chi connectivity index (χ0) is 13.1. The summed E-state index contributed by atoms with van der Waals surface area (Å²) in [4.78, 5) is 3.91. The maximum Gasteiger partial charge on any atom is 0.128 e. The normalized spacial score (nSPS) is 12.4. The number of pyridine rings is 1. The van der Waals surface area contributed by atoms with Crippen molar-refractivity contribution >= 4 is 11.6 Å². The van der Waals surface area contributed by atoms with Gasteiger partial charge in [0.05, 0.1) is 5.02 Å². The van der Waals surface area contributed by atoms with Crippen LogP contribution in [0.4, 0.5) is 4.39 Å². The van der Waals surface area contributed by atoms with E-state index in [0.717, 1.165) is 11.1 Å². The molecule has 0 saturated carbocycles. The molecule has 1 aromatic carbocycles. The molecule has 1 aromatic heterocycles. The molecule has 4 heteroatoms. The fourth-order valence-corrected chi connectivity index (χ4v) is 2.06. The fraction of sp³-hybridized carbons (Fsp3) is 0.214. The lowest BCUT2D eigenvalue weighted by molar-refractivity contribution is 0.579. The first-order valence-electron chi connectivity index (χ1n) is 5.68. The molecule has 0 bridgehead atoms. The molecule has 1 heterocycles. The van der Waals surface area contributed by atoms with E-state index in [4.69, 9.17) is 17.3 Å². The summed E-state index contributed by atoms with van der Waals surface area (Å²) in [5.74, 6) is -0.279. The number of hydrogen-bond acceptors (Lipinski definition) is 2. The van der Waals surface area contributed by atoms with E-state index in [9.17, 15) is 4.39 Å². The standard InChI is InChI=1S/C14H14ClFN2/c1-9-2-3-13(16)11(6-9)14(17)7-10-4-5-18-8-12(10)15/h2-6,8,14H,7,17H2,1H3. The minimum atomic E-state index is -0.412. The van der Waals surface area contributed by atoms with E-state index in [0.29, 0.717) is 17.0 Å². The number of halogens is 2. The van der Waals surface area contributed by atoms with Gasteiger partial charge in [0.15, 0.2) is 0 Å². The van der Waals surface area contributed by atoms with E-state index < -0.39 is 6.04 Å². The number of aromatic nitrogens is 1. The first-order valence-corrected chi connectivity index (χ1v) is 6.05. The van der Waals surface area contributed by atoms with Gasteiger partial charge in [-0.2, -0.15) is 0 Å². The van der Waals surface area contributed by atoms with Crippen molar-refractivity contribution in [3.8, 4) is 0 Å². The summed E-state index contributed by atoms with van der Waals surface area (Å²) in [5.41, 5.74) is 8.43. The highest BCUT2D eigenvalue weighted by Crippen LogP contribution is 2.23. The largest absolute Gasteiger partial charge is 0.324 e. The number of aryl methyl sites for hydroxylation is 1. The molecule has 0 amide bonds. The molecule has 0 saturated heterocycles. The molecule has 0 aliphatic carbocycles. The van der Waals surface area contributed by atoms with Gasteiger partial charge in [-0.1, -0.05) is 29.3 Å². The van der Waals surface area contributed by atoms with E-state index in [1.54, 1.807) is 30.6 Å². The van der Waals surface area contributed by atoms with Gasteiger partial charge in [-0.15, -0.1) is 0 Å². The molecule has 2 rings (SSSR count). The zero-order valence-electron chi connectivity index (χ0n) is 10.0. The van der Waals surface area contributed by atoms with Crippen LogP contribution < -0.4 is 5.73 Å². The van der Waals surface area contributed by atoms with Crippen molar-refractivity contribution in [1.82, 2.24) is 4.98 Å². The van der Waals surface area contributed by atoms with Crippen molar-refractivity contribution in [3.05, 3.63) is 64.2 Å². The average molecular weight is 265 g/mol. The van der Waals surface area contributed by atoms with Gasteiger partial charge in [-0.3, -0.25) is 4.98 Å². The third kappa shape index (κ3) is 2.86. The second-order valence-electron chi connectivity index (χ2n) is 4.30. The zero-order valence-corrected chi connectivity index (χ0v) is 10.8. The fourth-order valence-electron chi connectivity index (χ4n) is 1.86. The molecule has 0 radical (unpaired) electrons. The van der Waals surface area contributed by atoms with Crippen molar-refractivity contribution in [3.63, 3.8) is 0 Å². The van der Waals surface area contributed by atoms with Gasteiger partial charge >= 0.3 is 0 Å². The van der Waals surface area contributed by atoms with Crippen LogP contribution in [0, 0.1) is 12.7 Å². The molecule has 1 atom stereocenters. The predicted molar refractivity (Wildman–Crippen MR) is 71.0 cm³/mol. The van der Waals surface area contributed by atoms with Crippen molar-refractivity contribution in [2.45, 2.75) is 19.4 Å². The maximum atomic E-state index is 13.7. The maximum absolute atomic E-state index is 13.7. The van der Waals surface area contributed by atoms with E-state index in [-0.39, 0.29) is 5.82 Å². The Hall–Kier alpha value is -1.45. The Kier molecular flexibility index (Phi) is 3.94. The molecule has 1 unspecified atom stereocenters. The predicted octanol–water partition coefficient (Wildman–Crippen LogP) is 3.43. The molecular formula is C14H14ClFN2. The van der Waals surface area contributed by atoms with Gasteiger partial charge in [-0.05, 0) is 31.0 Å². The number of benzene rings is 1. The second-order valence-corrected chi connectivity index (χ2v) is 4.71. The Morgan fingerprint density at radius 2 is 2.17 bits per heavy atom. The van der Waals surface area contributed by atoms with E-state index in [1.807, 2.05) is 6.92 Å². The molecule has 0 aliphatic heterocycles. The summed E-state index contributed by atoms with van der Waals surface area (Å²) < 4.78 is 13.7. The molecule has 2 aromatic rings. The lowest BCUT2D eigenvalue weighted by Crippen LogP contribution is -2.15. The number of hydrogen-bond donors (Lipinski definition) is 1. The van der Waals surface area contributed by atoms with Gasteiger partial charge in [0.25, 0.3) is 0 Å². The number of nitrogens with zero attached hydrogens (tertiary/aromatic N) is 1. The topological polar surface area (TPSA) is 38.9 Å². The van der Waals surface area contributed by atoms with Crippen molar-refractivity contribution in [2.75, 3.05) is 0 Å². The smallest absolute Gasteiger partial charge is 0.128 e. The average Bonchev–Trinajstić information content (AvgIpc) is 2.35. The van der Waals surface area contributed by atoms with Crippen LogP contribution in [0.1, 0.15) is 22.7 Å². The molecule has 0 aliphatic rings. The summed E-state index contributed by atoms with van der Waals surface area (Å²) in [6.07, 6.45) is 3.71. The minimum Gasteiger partial charge on any atom is -0.324 e. The highest BCUT2D eigenvalue weighted by Gasteiger charge is 2.13. The van der Waals surface area contributed by atoms with Crippen LogP contribution in [0.25, 0.3) is 0 Å². The van der Waals surface area contributed by atoms with Crippen LogP contribution in [0.3, 0.4) is 0 Å². The summed E-state index contributed by atoms with van der Waals surface area (Å²) in [6.45, 7) is 1.91. The summed E-state index contributed by atoms with van der Waals surface area (Å²) in [6, 6.07) is 6.33. The molecule has 0 spiro atoms. The minimum absolute atomic E-state index is 0.279. The first-order chi connectivity index (χ1) is 8.58. The summed E-state index contributed by atoms with van der Waals surface area (Å²) in [7, 11) is 0. The third-order valence-electron chi connectivity index (χ3n) is 2.85. The Bertz CT molecular complexity index is 557. The molecule has 94 valence electrons. The SMILES string of the molecule is Cc1ccc(F)c(C(N)Cc2ccncc2Cl)c1. The van der Waals surface area contributed by atoms with E-state index in [1.165, 1.54) is 6.07 Å². The first kappa shape index (κ1) is 13.0. The van der Waals surface area contributed by atoms with Gasteiger partial charge in [0, 0.05) is 24.0 Å². The van der Waals surface area contributed by atoms with Crippen LogP contribution in [0.2, 0.25) is 5.02 Å².